The van der Waals surface area contributed by atoms with Crippen LogP contribution in [0.5, 0.6) is 5.75 Å². The second-order valence-corrected chi connectivity index (χ2v) is 9.78. The summed E-state index contributed by atoms with van der Waals surface area (Å²) in [7, 11) is 1.56. The number of anilines is 2. The summed E-state index contributed by atoms with van der Waals surface area (Å²) in [4.78, 5) is 56.2. The lowest BCUT2D eigenvalue weighted by atomic mass is 10.0. The lowest BCUT2D eigenvalue weighted by molar-refractivity contribution is -0.139. The number of hydrogen-bond donors (Lipinski definition) is 1. The van der Waals surface area contributed by atoms with Crippen molar-refractivity contribution in [1.82, 2.24) is 4.90 Å². The molecule has 8 heteroatoms. The summed E-state index contributed by atoms with van der Waals surface area (Å²) in [6, 6.07) is 29.1. The summed E-state index contributed by atoms with van der Waals surface area (Å²) in [5.41, 5.74) is 3.64. The van der Waals surface area contributed by atoms with E-state index in [0.717, 1.165) is 11.1 Å². The van der Waals surface area contributed by atoms with Crippen molar-refractivity contribution in [2.45, 2.75) is 19.5 Å². The summed E-state index contributed by atoms with van der Waals surface area (Å²) in [5, 5.41) is 2.92. The summed E-state index contributed by atoms with van der Waals surface area (Å²) in [6.45, 7) is 1.67. The number of aryl methyl sites for hydroxylation is 1. The van der Waals surface area contributed by atoms with Gasteiger partial charge in [0, 0.05) is 12.2 Å². The Hall–Kier alpha value is -5.24. The second-order valence-electron chi connectivity index (χ2n) is 9.78. The normalized spacial score (nSPS) is 13.0. The number of benzene rings is 4. The van der Waals surface area contributed by atoms with Gasteiger partial charge < -0.3 is 15.0 Å². The highest BCUT2D eigenvalue weighted by atomic mass is 16.5. The van der Waals surface area contributed by atoms with E-state index in [2.05, 4.69) is 5.32 Å². The van der Waals surface area contributed by atoms with Gasteiger partial charge in [-0.3, -0.25) is 24.1 Å². The molecule has 4 aromatic carbocycles. The minimum Gasteiger partial charge on any atom is -0.497 e. The van der Waals surface area contributed by atoms with Crippen LogP contribution in [0.25, 0.3) is 0 Å². The van der Waals surface area contributed by atoms with Crippen molar-refractivity contribution in [3.05, 3.63) is 125 Å². The number of carbonyl (C=O) groups excluding carboxylic acids is 4. The van der Waals surface area contributed by atoms with Crippen molar-refractivity contribution in [3.63, 3.8) is 0 Å². The first-order valence-corrected chi connectivity index (χ1v) is 13.2. The number of Topliss-reactive ketones (excluding diaryl/α,β-unsaturated/α-hetero) is 1. The number of para-hydroxylation sites is 1. The standard InChI is InChI=1S/C33H29N3O5/c1-22-12-14-23(15-13-22)20-36(29(37)21-35-28-11-7-6-10-27(28)31(38)33(35)40)30(24-8-4-3-5-9-24)32(39)34-25-16-18-26(41-2)19-17-25/h3-19,30H,20-21H2,1-2H3,(H,34,39)/t30-/m0/s1. The van der Waals surface area contributed by atoms with Crippen molar-refractivity contribution in [1.29, 1.82) is 0 Å². The predicted molar refractivity (Wildman–Crippen MR) is 156 cm³/mol. The van der Waals surface area contributed by atoms with E-state index in [9.17, 15) is 19.2 Å². The Morgan fingerprint density at radius 1 is 0.854 bits per heavy atom. The third kappa shape index (κ3) is 5.86. The van der Waals surface area contributed by atoms with E-state index in [0.29, 0.717) is 22.7 Å². The molecular formula is C33H29N3O5. The smallest absolute Gasteiger partial charge is 0.299 e. The molecule has 3 amide bonds. The number of fused-ring (bicyclic) bond motifs is 1. The Morgan fingerprint density at radius 3 is 2.20 bits per heavy atom. The maximum atomic E-state index is 14.1. The topological polar surface area (TPSA) is 96.0 Å². The Morgan fingerprint density at radius 2 is 1.51 bits per heavy atom. The van der Waals surface area contributed by atoms with Gasteiger partial charge >= 0.3 is 0 Å². The number of carbonyl (C=O) groups is 4. The highest BCUT2D eigenvalue weighted by Gasteiger charge is 2.39. The van der Waals surface area contributed by atoms with Crippen molar-refractivity contribution in [3.8, 4) is 5.75 Å². The molecule has 5 rings (SSSR count). The third-order valence-corrected chi connectivity index (χ3v) is 7.00. The second kappa shape index (κ2) is 11.9. The first-order chi connectivity index (χ1) is 19.9. The van der Waals surface area contributed by atoms with E-state index in [4.69, 9.17) is 4.74 Å². The predicted octanol–water partition coefficient (Wildman–Crippen LogP) is 4.94. The van der Waals surface area contributed by atoms with Gasteiger partial charge in [0.15, 0.2) is 0 Å². The number of amides is 3. The lowest BCUT2D eigenvalue weighted by Crippen LogP contribution is -2.46. The fraction of sp³-hybridized carbons (Fsp3) is 0.152. The molecule has 4 aromatic rings. The van der Waals surface area contributed by atoms with Gasteiger partial charge in [-0.05, 0) is 54.4 Å². The Bertz CT molecular complexity index is 1580. The Labute approximate surface area is 238 Å². The van der Waals surface area contributed by atoms with Gasteiger partial charge in [0.2, 0.25) is 5.91 Å². The maximum Gasteiger partial charge on any atom is 0.299 e. The van der Waals surface area contributed by atoms with E-state index >= 15 is 0 Å². The molecule has 1 atom stereocenters. The van der Waals surface area contributed by atoms with Gasteiger partial charge in [-0.25, -0.2) is 0 Å². The fourth-order valence-electron chi connectivity index (χ4n) is 4.84. The molecule has 0 aliphatic carbocycles. The quantitative estimate of drug-likeness (QED) is 0.300. The summed E-state index contributed by atoms with van der Waals surface area (Å²) < 4.78 is 5.22. The molecule has 0 bridgehead atoms. The van der Waals surface area contributed by atoms with E-state index < -0.39 is 36.1 Å². The molecule has 0 unspecified atom stereocenters. The maximum absolute atomic E-state index is 14.1. The van der Waals surface area contributed by atoms with Crippen LogP contribution in [0.1, 0.15) is 33.1 Å². The SMILES string of the molecule is COc1ccc(NC(=O)[C@H](c2ccccc2)N(Cc2ccc(C)cc2)C(=O)CN2C(=O)C(=O)c3ccccc32)cc1. The van der Waals surface area contributed by atoms with Crippen molar-refractivity contribution in [2.24, 2.45) is 0 Å². The van der Waals surface area contributed by atoms with Gasteiger partial charge in [-0.15, -0.1) is 0 Å². The van der Waals surface area contributed by atoms with E-state index in [1.807, 2.05) is 37.3 Å². The lowest BCUT2D eigenvalue weighted by Gasteiger charge is -2.33. The highest BCUT2D eigenvalue weighted by Crippen LogP contribution is 2.31. The average Bonchev–Trinajstić information content (AvgIpc) is 3.23. The van der Waals surface area contributed by atoms with E-state index in [1.165, 1.54) is 9.80 Å². The molecule has 0 spiro atoms. The van der Waals surface area contributed by atoms with E-state index in [-0.39, 0.29) is 12.1 Å². The first kappa shape index (κ1) is 27.3. The fourth-order valence-corrected chi connectivity index (χ4v) is 4.84. The van der Waals surface area contributed by atoms with Crippen LogP contribution < -0.4 is 15.0 Å². The number of rotatable bonds is 9. The Kier molecular flexibility index (Phi) is 7.92. The first-order valence-electron chi connectivity index (χ1n) is 13.2. The zero-order valence-electron chi connectivity index (χ0n) is 22.7. The number of nitrogens with one attached hydrogen (secondary N) is 1. The van der Waals surface area contributed by atoms with Crippen molar-refractivity contribution < 1.29 is 23.9 Å². The van der Waals surface area contributed by atoms with Crippen LogP contribution in [0.3, 0.4) is 0 Å². The molecule has 0 saturated heterocycles. The molecule has 0 fully saturated rings. The molecule has 1 aliphatic rings. The van der Waals surface area contributed by atoms with Crippen LogP contribution in [0, 0.1) is 6.92 Å². The molecule has 1 N–H and O–H groups in total. The zero-order chi connectivity index (χ0) is 28.9. The number of ether oxygens (including phenoxy) is 1. The molecule has 0 aromatic heterocycles. The minimum absolute atomic E-state index is 0.104. The average molecular weight is 548 g/mol. The molecule has 0 radical (unpaired) electrons. The van der Waals surface area contributed by atoms with Gasteiger partial charge in [-0.2, -0.15) is 0 Å². The van der Waals surface area contributed by atoms with Crippen molar-refractivity contribution >= 4 is 34.9 Å². The summed E-state index contributed by atoms with van der Waals surface area (Å²) >= 11 is 0. The van der Waals surface area contributed by atoms with Crippen LogP contribution in [0.4, 0.5) is 11.4 Å². The summed E-state index contributed by atoms with van der Waals surface area (Å²) in [5.74, 6) is -1.69. The van der Waals surface area contributed by atoms with Crippen LogP contribution >= 0.6 is 0 Å². The molecule has 8 nitrogen and oxygen atoms in total. The van der Waals surface area contributed by atoms with Crippen LogP contribution in [-0.2, 0) is 20.9 Å². The molecular weight excluding hydrogens is 518 g/mol. The number of nitrogens with zero attached hydrogens (tertiary/aromatic N) is 2. The third-order valence-electron chi connectivity index (χ3n) is 7.00. The minimum atomic E-state index is -1.03. The highest BCUT2D eigenvalue weighted by molar-refractivity contribution is 6.52. The largest absolute Gasteiger partial charge is 0.497 e. The van der Waals surface area contributed by atoms with Crippen molar-refractivity contribution in [2.75, 3.05) is 23.9 Å². The van der Waals surface area contributed by atoms with Crippen LogP contribution in [0.15, 0.2) is 103 Å². The van der Waals surface area contributed by atoms with Gasteiger partial charge in [0.25, 0.3) is 17.6 Å². The van der Waals surface area contributed by atoms with Crippen LogP contribution in [-0.4, -0.2) is 42.1 Å². The van der Waals surface area contributed by atoms with Crippen LogP contribution in [0.2, 0.25) is 0 Å². The number of methoxy groups -OCH3 is 1. The Balaban J connectivity index is 1.52. The van der Waals surface area contributed by atoms with Gasteiger partial charge in [-0.1, -0.05) is 72.3 Å². The molecule has 1 heterocycles. The van der Waals surface area contributed by atoms with Gasteiger partial charge in [0.1, 0.15) is 18.3 Å². The van der Waals surface area contributed by atoms with Gasteiger partial charge in [0.05, 0.1) is 18.4 Å². The summed E-state index contributed by atoms with van der Waals surface area (Å²) in [6.07, 6.45) is 0. The van der Waals surface area contributed by atoms with E-state index in [1.54, 1.807) is 79.9 Å². The molecule has 1 aliphatic heterocycles. The molecule has 0 saturated carbocycles. The molecule has 206 valence electrons. The number of ketones is 1. The zero-order valence-corrected chi connectivity index (χ0v) is 22.7. The monoisotopic (exact) mass is 547 g/mol. The molecule has 41 heavy (non-hydrogen) atoms. The number of hydrogen-bond acceptors (Lipinski definition) is 5.